The molecule has 0 N–H and O–H groups in total. The number of hydrogen-bond acceptors (Lipinski definition) is 4. The van der Waals surface area contributed by atoms with E-state index in [-0.39, 0.29) is 10.8 Å². The predicted octanol–water partition coefficient (Wildman–Crippen LogP) is 13.9. The lowest BCUT2D eigenvalue weighted by Crippen LogP contribution is -2.46. The molecule has 4 heteroatoms. The van der Waals surface area contributed by atoms with Crippen LogP contribution in [0.2, 0.25) is 0 Å². The molecular weight excluding hydrogens is 729 g/mol. The van der Waals surface area contributed by atoms with Crippen molar-refractivity contribution in [2.75, 3.05) is 0 Å². The van der Waals surface area contributed by atoms with Crippen molar-refractivity contribution in [3.8, 4) is 73.6 Å². The molecule has 0 aliphatic heterocycles. The number of nitrogens with zero attached hydrogens (tertiary/aromatic N) is 4. The third kappa shape index (κ3) is 7.33. The average Bonchev–Trinajstić information content (AvgIpc) is 3.32. The molecule has 8 aromatic rings. The number of aromatic nitrogens is 3. The number of benzene rings is 7. The van der Waals surface area contributed by atoms with E-state index >= 15 is 0 Å². The molecule has 10 rings (SSSR count). The van der Waals surface area contributed by atoms with Gasteiger partial charge in [0.15, 0.2) is 17.5 Å². The molecular formula is C56H46N4. The monoisotopic (exact) mass is 774 g/mol. The molecule has 0 saturated heterocycles. The Morgan fingerprint density at radius 3 is 1.28 bits per heavy atom. The Labute approximate surface area is 353 Å². The lowest BCUT2D eigenvalue weighted by Gasteiger charge is -2.53. The van der Waals surface area contributed by atoms with Gasteiger partial charge in [0.2, 0.25) is 0 Å². The molecule has 0 spiro atoms. The lowest BCUT2D eigenvalue weighted by atomic mass is 9.51. The van der Waals surface area contributed by atoms with Gasteiger partial charge in [-0.2, -0.15) is 5.26 Å². The molecule has 60 heavy (non-hydrogen) atoms. The minimum atomic E-state index is 0.108. The topological polar surface area (TPSA) is 62.5 Å². The summed E-state index contributed by atoms with van der Waals surface area (Å²) in [4.78, 5) is 14.7. The standard InChI is InChI=1S/C56H46N4/c1-55(35-40-9-8-34-56(36-40,38-55)51-32-28-46(29-33-51)43-20-18-42(19-21-43)41-16-14-39(37-57)15-17-41)50-30-26-45(27-31-50)44-22-24-49(25-23-44)54-59-52(47-10-4-2-5-11-47)58-53(60-54)48-12-6-3-7-13-48/h2-7,10-33,40H,8-9,34-36,38H2,1H3. The third-order valence-corrected chi connectivity index (χ3v) is 13.2. The van der Waals surface area contributed by atoms with Crippen LogP contribution < -0.4 is 0 Å². The van der Waals surface area contributed by atoms with E-state index in [1.165, 1.54) is 71.9 Å². The highest BCUT2D eigenvalue weighted by Gasteiger charge is 2.49. The Hall–Kier alpha value is -6.96. The van der Waals surface area contributed by atoms with Crippen molar-refractivity contribution in [3.63, 3.8) is 0 Å². The van der Waals surface area contributed by atoms with Gasteiger partial charge in [-0.05, 0) is 99.1 Å². The summed E-state index contributed by atoms with van der Waals surface area (Å²) < 4.78 is 0. The molecule has 1 heterocycles. The summed E-state index contributed by atoms with van der Waals surface area (Å²) in [6.45, 7) is 2.52. The second-order valence-electron chi connectivity index (χ2n) is 17.2. The molecule has 2 saturated carbocycles. The molecule has 4 nitrogen and oxygen atoms in total. The van der Waals surface area contributed by atoms with E-state index in [1.54, 1.807) is 0 Å². The van der Waals surface area contributed by atoms with Crippen LogP contribution in [0.1, 0.15) is 62.1 Å². The van der Waals surface area contributed by atoms with E-state index in [0.717, 1.165) is 33.7 Å². The number of rotatable bonds is 8. The van der Waals surface area contributed by atoms with E-state index in [2.05, 4.69) is 110 Å². The van der Waals surface area contributed by atoms with Crippen LogP contribution in [0.3, 0.4) is 0 Å². The maximum atomic E-state index is 9.17. The first-order valence-corrected chi connectivity index (χ1v) is 21.2. The number of fused-ring (bicyclic) bond motifs is 2. The van der Waals surface area contributed by atoms with Crippen LogP contribution in [0, 0.1) is 17.2 Å². The van der Waals surface area contributed by atoms with Gasteiger partial charge in [0.05, 0.1) is 11.6 Å². The van der Waals surface area contributed by atoms with Crippen LogP contribution in [0.4, 0.5) is 0 Å². The SMILES string of the molecule is CC1(c2ccc(-c3ccc(-c4nc(-c5ccccc5)nc(-c5ccccc5)n4)cc3)cc2)CC2CCCC(c3ccc(-c4ccc(-c5ccc(C#N)cc5)cc4)cc3)(C2)C1. The second-order valence-corrected chi connectivity index (χ2v) is 17.2. The fourth-order valence-electron chi connectivity index (χ4n) is 10.3. The zero-order valence-electron chi connectivity index (χ0n) is 33.9. The van der Waals surface area contributed by atoms with Crippen LogP contribution in [-0.4, -0.2) is 15.0 Å². The van der Waals surface area contributed by atoms with Gasteiger partial charge >= 0.3 is 0 Å². The Kier molecular flexibility index (Phi) is 9.74. The summed E-state index contributed by atoms with van der Waals surface area (Å²) in [5, 5.41) is 9.17. The van der Waals surface area contributed by atoms with E-state index in [4.69, 9.17) is 20.2 Å². The van der Waals surface area contributed by atoms with Gasteiger partial charge in [-0.1, -0.05) is 190 Å². The van der Waals surface area contributed by atoms with Crippen molar-refractivity contribution in [2.45, 2.75) is 56.3 Å². The highest BCUT2D eigenvalue weighted by Crippen LogP contribution is 2.57. The second kappa shape index (κ2) is 15.7. The Balaban J connectivity index is 0.873. The van der Waals surface area contributed by atoms with Gasteiger partial charge in [-0.25, -0.2) is 15.0 Å². The molecule has 7 aromatic carbocycles. The maximum Gasteiger partial charge on any atom is 0.164 e. The number of nitriles is 1. The zero-order valence-corrected chi connectivity index (χ0v) is 33.9. The molecule has 0 amide bonds. The van der Waals surface area contributed by atoms with Crippen LogP contribution in [0.25, 0.3) is 67.5 Å². The van der Waals surface area contributed by atoms with Gasteiger partial charge in [0.25, 0.3) is 0 Å². The third-order valence-electron chi connectivity index (χ3n) is 13.2. The van der Waals surface area contributed by atoms with Crippen LogP contribution >= 0.6 is 0 Å². The molecule has 3 unspecified atom stereocenters. The van der Waals surface area contributed by atoms with Crippen molar-refractivity contribution in [3.05, 3.63) is 199 Å². The molecule has 2 bridgehead atoms. The molecule has 0 radical (unpaired) electrons. The number of hydrogen-bond donors (Lipinski definition) is 0. The van der Waals surface area contributed by atoms with Crippen molar-refractivity contribution in [1.82, 2.24) is 15.0 Å². The summed E-state index contributed by atoms with van der Waals surface area (Å²) in [5.74, 6) is 2.74. The highest BCUT2D eigenvalue weighted by atomic mass is 15.0. The molecule has 2 aliphatic rings. The van der Waals surface area contributed by atoms with Gasteiger partial charge in [-0.15, -0.1) is 0 Å². The summed E-state index contributed by atoms with van der Waals surface area (Å²) in [6.07, 6.45) is 7.58. The van der Waals surface area contributed by atoms with Gasteiger partial charge in [0, 0.05) is 16.7 Å². The van der Waals surface area contributed by atoms with Crippen molar-refractivity contribution in [1.29, 1.82) is 5.26 Å². The largest absolute Gasteiger partial charge is 0.208 e. The fraction of sp³-hybridized carbons (Fsp3) is 0.179. The normalized spacial score (nSPS) is 19.6. The van der Waals surface area contributed by atoms with E-state index in [1.807, 2.05) is 84.9 Å². The summed E-state index contributed by atoms with van der Waals surface area (Å²) in [7, 11) is 0. The molecule has 1 aromatic heterocycles. The van der Waals surface area contributed by atoms with Crippen molar-refractivity contribution in [2.24, 2.45) is 5.92 Å². The van der Waals surface area contributed by atoms with Crippen molar-refractivity contribution < 1.29 is 0 Å². The van der Waals surface area contributed by atoms with Crippen LogP contribution in [0.5, 0.6) is 0 Å². The first-order valence-electron chi connectivity index (χ1n) is 21.2. The van der Waals surface area contributed by atoms with Crippen molar-refractivity contribution >= 4 is 0 Å². The Morgan fingerprint density at radius 1 is 0.450 bits per heavy atom. The van der Waals surface area contributed by atoms with E-state index in [0.29, 0.717) is 23.0 Å². The lowest BCUT2D eigenvalue weighted by molar-refractivity contribution is 0.0874. The predicted molar refractivity (Wildman–Crippen MR) is 244 cm³/mol. The maximum absolute atomic E-state index is 9.17. The van der Waals surface area contributed by atoms with Gasteiger partial charge in [0.1, 0.15) is 0 Å². The van der Waals surface area contributed by atoms with Gasteiger partial charge < -0.3 is 0 Å². The van der Waals surface area contributed by atoms with E-state index < -0.39 is 0 Å². The first-order chi connectivity index (χ1) is 29.4. The minimum absolute atomic E-state index is 0.108. The van der Waals surface area contributed by atoms with Crippen LogP contribution in [-0.2, 0) is 10.8 Å². The Bertz CT molecular complexity index is 2730. The molecule has 2 fully saturated rings. The van der Waals surface area contributed by atoms with E-state index in [9.17, 15) is 0 Å². The zero-order chi connectivity index (χ0) is 40.5. The summed E-state index contributed by atoms with van der Waals surface area (Å²) in [5.41, 5.74) is 14.0. The smallest absolute Gasteiger partial charge is 0.164 e. The molecule has 290 valence electrons. The minimum Gasteiger partial charge on any atom is -0.208 e. The summed E-state index contributed by atoms with van der Waals surface area (Å²) >= 11 is 0. The quantitative estimate of drug-likeness (QED) is 0.154. The average molecular weight is 775 g/mol. The van der Waals surface area contributed by atoms with Crippen LogP contribution in [0.15, 0.2) is 182 Å². The summed E-state index contributed by atoms with van der Waals surface area (Å²) in [6, 6.07) is 66.6. The highest BCUT2D eigenvalue weighted by molar-refractivity contribution is 5.72. The molecule has 2 aliphatic carbocycles. The fourth-order valence-corrected chi connectivity index (χ4v) is 10.3. The Morgan fingerprint density at radius 2 is 0.833 bits per heavy atom. The first kappa shape index (κ1) is 37.3. The molecule has 3 atom stereocenters. The van der Waals surface area contributed by atoms with Gasteiger partial charge in [-0.3, -0.25) is 0 Å².